The Morgan fingerprint density at radius 1 is 1.09 bits per heavy atom. The number of nitrogens with zero attached hydrogens (tertiary/aromatic N) is 2. The van der Waals surface area contributed by atoms with Crippen molar-refractivity contribution in [2.24, 2.45) is 11.0 Å². The van der Waals surface area contributed by atoms with Crippen LogP contribution in [0.1, 0.15) is 59.9 Å². The zero-order chi connectivity index (χ0) is 24.1. The second-order valence-electron chi connectivity index (χ2n) is 9.57. The molecular formula is C23H31N3O6. The molecule has 1 aromatic rings. The Morgan fingerprint density at radius 3 is 2.25 bits per heavy atom. The molecule has 2 rings (SSSR count). The van der Waals surface area contributed by atoms with Gasteiger partial charge in [0.1, 0.15) is 17.2 Å². The maximum Gasteiger partial charge on any atom is 0.408 e. The number of carbonyl (C=O) groups excluding carboxylic acids is 4. The minimum Gasteiger partial charge on any atom is -0.458 e. The first-order chi connectivity index (χ1) is 14.7. The Labute approximate surface area is 188 Å². The Morgan fingerprint density at radius 2 is 1.69 bits per heavy atom. The van der Waals surface area contributed by atoms with Gasteiger partial charge in [0, 0.05) is 6.42 Å². The van der Waals surface area contributed by atoms with Crippen LogP contribution in [-0.2, 0) is 23.9 Å². The summed E-state index contributed by atoms with van der Waals surface area (Å²) in [6.07, 6.45) is 0.364. The molecule has 0 unspecified atom stereocenters. The van der Waals surface area contributed by atoms with Crippen LogP contribution in [0.4, 0.5) is 4.79 Å². The number of carbonyl (C=O) groups is 4. The number of nitrogens with one attached hydrogen (secondary N) is 1. The van der Waals surface area contributed by atoms with E-state index in [2.05, 4.69) is 10.4 Å². The van der Waals surface area contributed by atoms with Crippen LogP contribution in [0.3, 0.4) is 0 Å². The van der Waals surface area contributed by atoms with Gasteiger partial charge in [0.05, 0.1) is 12.1 Å². The first kappa shape index (κ1) is 25.0. The molecule has 9 heteroatoms. The van der Waals surface area contributed by atoms with Crippen molar-refractivity contribution in [1.82, 2.24) is 10.3 Å². The highest BCUT2D eigenvalue weighted by Gasteiger charge is 2.42. The van der Waals surface area contributed by atoms with E-state index in [1.807, 2.05) is 18.2 Å². The second-order valence-corrected chi connectivity index (χ2v) is 9.57. The molecule has 3 amide bonds. The molecule has 0 aromatic heterocycles. The van der Waals surface area contributed by atoms with Crippen molar-refractivity contribution < 1.29 is 28.7 Å². The molecule has 1 heterocycles. The van der Waals surface area contributed by atoms with Crippen LogP contribution >= 0.6 is 0 Å². The predicted octanol–water partition coefficient (Wildman–Crippen LogP) is 3.02. The molecule has 0 saturated carbocycles. The van der Waals surface area contributed by atoms with Crippen LogP contribution in [-0.4, -0.2) is 52.3 Å². The molecular weight excluding hydrogens is 414 g/mol. The molecule has 9 nitrogen and oxygen atoms in total. The predicted molar refractivity (Wildman–Crippen MR) is 118 cm³/mol. The topological polar surface area (TPSA) is 114 Å². The standard InChI is InChI=1S/C23H31N3O6/c1-22(2,3)31-20(29)17(25-21(30)32-23(4,5)6)12-16-13-18(27)26(19(16)28)24-14-15-10-8-7-9-11-15/h7-11,14,16-17H,12-13H2,1-6H3,(H,25,30)/b24-14+/t16-,17+/m1/s1. The lowest BCUT2D eigenvalue weighted by Gasteiger charge is -2.27. The average molecular weight is 446 g/mol. The fraction of sp³-hybridized carbons (Fsp3) is 0.522. The van der Waals surface area contributed by atoms with Crippen molar-refractivity contribution in [2.75, 3.05) is 0 Å². The molecule has 1 aromatic carbocycles. The molecule has 1 aliphatic heterocycles. The maximum absolute atomic E-state index is 12.8. The number of benzene rings is 1. The van der Waals surface area contributed by atoms with Crippen molar-refractivity contribution in [2.45, 2.75) is 71.6 Å². The third-order valence-corrected chi connectivity index (χ3v) is 4.24. The summed E-state index contributed by atoms with van der Waals surface area (Å²) >= 11 is 0. The highest BCUT2D eigenvalue weighted by atomic mass is 16.6. The maximum atomic E-state index is 12.8. The van der Waals surface area contributed by atoms with E-state index in [-0.39, 0.29) is 12.8 Å². The molecule has 1 saturated heterocycles. The first-order valence-electron chi connectivity index (χ1n) is 10.4. The van der Waals surface area contributed by atoms with Crippen LogP contribution in [0.15, 0.2) is 35.4 Å². The Balaban J connectivity index is 2.14. The van der Waals surface area contributed by atoms with E-state index < -0.39 is 47.0 Å². The summed E-state index contributed by atoms with van der Waals surface area (Å²) in [7, 11) is 0. The van der Waals surface area contributed by atoms with E-state index in [1.165, 1.54) is 6.21 Å². The highest BCUT2D eigenvalue weighted by Crippen LogP contribution is 2.25. The molecule has 0 spiro atoms. The molecule has 32 heavy (non-hydrogen) atoms. The summed E-state index contributed by atoms with van der Waals surface area (Å²) < 4.78 is 10.6. The van der Waals surface area contributed by atoms with Gasteiger partial charge in [0.2, 0.25) is 0 Å². The Bertz CT molecular complexity index is 883. The van der Waals surface area contributed by atoms with Crippen molar-refractivity contribution in [1.29, 1.82) is 0 Å². The van der Waals surface area contributed by atoms with Gasteiger partial charge in [0.15, 0.2) is 0 Å². The highest BCUT2D eigenvalue weighted by molar-refractivity contribution is 6.04. The van der Waals surface area contributed by atoms with Crippen LogP contribution in [0, 0.1) is 5.92 Å². The van der Waals surface area contributed by atoms with Crippen molar-refractivity contribution >= 4 is 30.1 Å². The normalized spacial score (nSPS) is 18.1. The van der Waals surface area contributed by atoms with Crippen LogP contribution in [0.25, 0.3) is 0 Å². The van der Waals surface area contributed by atoms with E-state index in [1.54, 1.807) is 53.7 Å². The Kier molecular flexibility index (Phi) is 7.77. The second kappa shape index (κ2) is 9.93. The number of imide groups is 1. The van der Waals surface area contributed by atoms with Gasteiger partial charge >= 0.3 is 12.1 Å². The summed E-state index contributed by atoms with van der Waals surface area (Å²) in [4.78, 5) is 50.1. The van der Waals surface area contributed by atoms with Gasteiger partial charge in [-0.05, 0) is 53.5 Å². The quantitative estimate of drug-likeness (QED) is 0.409. The average Bonchev–Trinajstić information content (AvgIpc) is 2.90. The third-order valence-electron chi connectivity index (χ3n) is 4.24. The molecule has 0 bridgehead atoms. The summed E-state index contributed by atoms with van der Waals surface area (Å²) in [5.41, 5.74) is -0.841. The lowest BCUT2D eigenvalue weighted by molar-refractivity contribution is -0.158. The number of amides is 3. The number of esters is 1. The largest absolute Gasteiger partial charge is 0.458 e. The van der Waals surface area contributed by atoms with Gasteiger partial charge in [0.25, 0.3) is 11.8 Å². The van der Waals surface area contributed by atoms with Gasteiger partial charge in [-0.25, -0.2) is 9.59 Å². The molecule has 0 radical (unpaired) electrons. The number of alkyl carbamates (subject to hydrolysis) is 1. The third kappa shape index (κ3) is 7.79. The minimum absolute atomic E-state index is 0.115. The van der Waals surface area contributed by atoms with Crippen LogP contribution in [0.5, 0.6) is 0 Å². The van der Waals surface area contributed by atoms with E-state index in [0.717, 1.165) is 10.6 Å². The van der Waals surface area contributed by atoms with Gasteiger partial charge in [-0.1, -0.05) is 30.3 Å². The number of hydrogen-bond acceptors (Lipinski definition) is 7. The van der Waals surface area contributed by atoms with Gasteiger partial charge < -0.3 is 14.8 Å². The van der Waals surface area contributed by atoms with Crippen LogP contribution in [0.2, 0.25) is 0 Å². The van der Waals surface area contributed by atoms with E-state index in [9.17, 15) is 19.2 Å². The molecule has 2 atom stereocenters. The van der Waals surface area contributed by atoms with Gasteiger partial charge in [-0.2, -0.15) is 10.1 Å². The van der Waals surface area contributed by atoms with E-state index in [0.29, 0.717) is 0 Å². The monoisotopic (exact) mass is 445 g/mol. The minimum atomic E-state index is -1.16. The lowest BCUT2D eigenvalue weighted by Crippen LogP contribution is -2.47. The van der Waals surface area contributed by atoms with Gasteiger partial charge in [-0.3, -0.25) is 9.59 Å². The molecule has 1 N–H and O–H groups in total. The number of hydrogen-bond donors (Lipinski definition) is 1. The summed E-state index contributed by atoms with van der Waals surface area (Å²) in [6.45, 7) is 10.2. The first-order valence-corrected chi connectivity index (χ1v) is 10.4. The fourth-order valence-electron chi connectivity index (χ4n) is 2.97. The van der Waals surface area contributed by atoms with E-state index in [4.69, 9.17) is 9.47 Å². The molecule has 1 aliphatic rings. The zero-order valence-electron chi connectivity index (χ0n) is 19.4. The SMILES string of the molecule is CC(C)(C)OC(=O)N[C@@H](C[C@@H]1CC(=O)N(/N=C/c2ccccc2)C1=O)C(=O)OC(C)(C)C. The Hall–Kier alpha value is -3.23. The van der Waals surface area contributed by atoms with Crippen molar-refractivity contribution in [3.05, 3.63) is 35.9 Å². The van der Waals surface area contributed by atoms with E-state index >= 15 is 0 Å². The fourth-order valence-corrected chi connectivity index (χ4v) is 2.97. The number of hydrazone groups is 1. The smallest absolute Gasteiger partial charge is 0.408 e. The summed E-state index contributed by atoms with van der Waals surface area (Å²) in [6, 6.07) is 7.87. The van der Waals surface area contributed by atoms with Gasteiger partial charge in [-0.15, -0.1) is 0 Å². The van der Waals surface area contributed by atoms with Crippen molar-refractivity contribution in [3.8, 4) is 0 Å². The zero-order valence-corrected chi connectivity index (χ0v) is 19.4. The summed E-state index contributed by atoms with van der Waals surface area (Å²) in [5, 5.41) is 7.29. The lowest BCUT2D eigenvalue weighted by atomic mass is 9.98. The summed E-state index contributed by atoms with van der Waals surface area (Å²) in [5.74, 6) is -2.56. The molecule has 174 valence electrons. The molecule has 1 fully saturated rings. The van der Waals surface area contributed by atoms with Crippen molar-refractivity contribution in [3.63, 3.8) is 0 Å². The van der Waals surface area contributed by atoms with Crippen LogP contribution < -0.4 is 5.32 Å². The molecule has 0 aliphatic carbocycles. The number of ether oxygens (including phenoxy) is 2. The number of rotatable bonds is 6.